The Hall–Kier alpha value is -6.12. The molecule has 8 rings (SSSR count). The van der Waals surface area contributed by atoms with Crippen LogP contribution < -0.4 is 9.80 Å². The summed E-state index contributed by atoms with van der Waals surface area (Å²) in [5.74, 6) is 0. The SMILES string of the molecule is CCc1c(-c2ccccc2)c2cc(N(c3ccccc3)c3ccccc3)ccc2c2ccc(N(c3ccccc3)c3ccccc3)cc12. The molecule has 0 amide bonds. The Bertz CT molecular complexity index is 2220. The topological polar surface area (TPSA) is 6.48 Å². The van der Waals surface area contributed by atoms with Crippen LogP contribution in [0, 0.1) is 0 Å². The standard InChI is InChI=1S/C46H36N2/c1-2-41-44-32-39(47(35-20-10-4-11-21-35)36-22-12-5-13-23-36)28-30-42(44)43-31-29-40(33-45(43)46(41)34-18-8-3-9-19-34)48(37-24-14-6-15-25-37)38-26-16-7-17-27-38/h3-33H,2H2,1H3. The molecule has 0 unspecified atom stereocenters. The van der Waals surface area contributed by atoms with E-state index in [0.29, 0.717) is 0 Å². The molecule has 2 heteroatoms. The number of benzene rings is 8. The highest BCUT2D eigenvalue weighted by Gasteiger charge is 2.20. The first-order valence-corrected chi connectivity index (χ1v) is 16.7. The number of hydrogen-bond donors (Lipinski definition) is 0. The molecule has 0 N–H and O–H groups in total. The van der Waals surface area contributed by atoms with Gasteiger partial charge in [-0.1, -0.05) is 122 Å². The minimum absolute atomic E-state index is 0.905. The van der Waals surface area contributed by atoms with E-state index in [9.17, 15) is 0 Å². The van der Waals surface area contributed by atoms with Crippen LogP contribution in [0.1, 0.15) is 12.5 Å². The molecule has 8 aromatic rings. The van der Waals surface area contributed by atoms with Gasteiger partial charge >= 0.3 is 0 Å². The number of nitrogens with zero attached hydrogens (tertiary/aromatic N) is 2. The Labute approximate surface area is 282 Å². The predicted octanol–water partition coefficient (Wildman–Crippen LogP) is 13.2. The average molecular weight is 617 g/mol. The number of fused-ring (bicyclic) bond motifs is 3. The summed E-state index contributed by atoms with van der Waals surface area (Å²) in [6.07, 6.45) is 0.905. The summed E-state index contributed by atoms with van der Waals surface area (Å²) in [5, 5.41) is 5.07. The van der Waals surface area contributed by atoms with Gasteiger partial charge in [0.1, 0.15) is 0 Å². The molecular weight excluding hydrogens is 581 g/mol. The number of para-hydroxylation sites is 4. The quantitative estimate of drug-likeness (QED) is 0.157. The highest BCUT2D eigenvalue weighted by Crippen LogP contribution is 2.45. The summed E-state index contributed by atoms with van der Waals surface area (Å²) in [5.41, 5.74) is 10.7. The number of rotatable bonds is 8. The number of anilines is 6. The smallest absolute Gasteiger partial charge is 0.0468 e. The van der Waals surface area contributed by atoms with Gasteiger partial charge in [0.25, 0.3) is 0 Å². The molecule has 8 aromatic carbocycles. The van der Waals surface area contributed by atoms with Gasteiger partial charge in [-0.15, -0.1) is 0 Å². The fraction of sp³-hybridized carbons (Fsp3) is 0.0435. The van der Waals surface area contributed by atoms with Gasteiger partial charge < -0.3 is 9.80 Å². The lowest BCUT2D eigenvalue weighted by Crippen LogP contribution is -2.10. The van der Waals surface area contributed by atoms with Crippen LogP contribution >= 0.6 is 0 Å². The van der Waals surface area contributed by atoms with Gasteiger partial charge in [-0.05, 0) is 117 Å². The van der Waals surface area contributed by atoms with Crippen LogP contribution in [0.25, 0.3) is 32.7 Å². The first-order valence-electron chi connectivity index (χ1n) is 16.7. The Morgan fingerprint density at radius 2 is 0.688 bits per heavy atom. The van der Waals surface area contributed by atoms with E-state index in [4.69, 9.17) is 0 Å². The molecule has 0 fully saturated rings. The van der Waals surface area contributed by atoms with Crippen molar-refractivity contribution in [2.24, 2.45) is 0 Å². The van der Waals surface area contributed by atoms with Crippen molar-refractivity contribution in [3.8, 4) is 11.1 Å². The van der Waals surface area contributed by atoms with Crippen LogP contribution in [0.3, 0.4) is 0 Å². The zero-order valence-electron chi connectivity index (χ0n) is 27.0. The molecule has 0 aromatic heterocycles. The van der Waals surface area contributed by atoms with Gasteiger partial charge in [0, 0.05) is 34.1 Å². The minimum atomic E-state index is 0.905. The molecule has 48 heavy (non-hydrogen) atoms. The maximum atomic E-state index is 2.40. The van der Waals surface area contributed by atoms with Gasteiger partial charge in [-0.25, -0.2) is 0 Å². The molecule has 0 aliphatic carbocycles. The van der Waals surface area contributed by atoms with Crippen LogP contribution in [-0.4, -0.2) is 0 Å². The Kier molecular flexibility index (Phi) is 7.90. The molecule has 0 saturated carbocycles. The van der Waals surface area contributed by atoms with E-state index in [-0.39, 0.29) is 0 Å². The van der Waals surface area contributed by atoms with E-state index in [1.807, 2.05) is 0 Å². The van der Waals surface area contributed by atoms with E-state index in [2.05, 4.69) is 205 Å². The molecule has 0 bridgehead atoms. The van der Waals surface area contributed by atoms with Crippen LogP contribution in [-0.2, 0) is 6.42 Å². The highest BCUT2D eigenvalue weighted by atomic mass is 15.1. The van der Waals surface area contributed by atoms with Gasteiger partial charge in [-0.3, -0.25) is 0 Å². The molecule has 0 heterocycles. The first kappa shape index (κ1) is 29.3. The molecule has 0 radical (unpaired) electrons. The van der Waals surface area contributed by atoms with E-state index in [0.717, 1.165) is 40.5 Å². The van der Waals surface area contributed by atoms with Gasteiger partial charge in [0.2, 0.25) is 0 Å². The van der Waals surface area contributed by atoms with Crippen LogP contribution in [0.4, 0.5) is 34.1 Å². The normalized spacial score (nSPS) is 11.1. The van der Waals surface area contributed by atoms with Crippen LogP contribution in [0.5, 0.6) is 0 Å². The predicted molar refractivity (Wildman–Crippen MR) is 206 cm³/mol. The molecule has 0 atom stereocenters. The maximum Gasteiger partial charge on any atom is 0.0468 e. The Morgan fingerprint density at radius 3 is 1.08 bits per heavy atom. The van der Waals surface area contributed by atoms with E-state index < -0.39 is 0 Å². The average Bonchev–Trinajstić information content (AvgIpc) is 3.16. The summed E-state index contributed by atoms with van der Waals surface area (Å²) >= 11 is 0. The van der Waals surface area contributed by atoms with E-state index in [1.165, 1.54) is 38.2 Å². The van der Waals surface area contributed by atoms with Crippen LogP contribution in [0.15, 0.2) is 188 Å². The summed E-state index contributed by atoms with van der Waals surface area (Å²) < 4.78 is 0. The van der Waals surface area contributed by atoms with E-state index >= 15 is 0 Å². The molecule has 0 aliphatic heterocycles. The fourth-order valence-corrected chi connectivity index (χ4v) is 7.07. The number of hydrogen-bond acceptors (Lipinski definition) is 2. The second kappa shape index (κ2) is 12.9. The third-order valence-corrected chi connectivity index (χ3v) is 9.18. The van der Waals surface area contributed by atoms with Gasteiger partial charge in [0.15, 0.2) is 0 Å². The lowest BCUT2D eigenvalue weighted by Gasteiger charge is -2.28. The lowest BCUT2D eigenvalue weighted by molar-refractivity contribution is 1.16. The second-order valence-corrected chi connectivity index (χ2v) is 12.0. The van der Waals surface area contributed by atoms with Crippen molar-refractivity contribution in [2.45, 2.75) is 13.3 Å². The Morgan fingerprint density at radius 1 is 0.333 bits per heavy atom. The first-order chi connectivity index (χ1) is 23.8. The number of aryl methyl sites for hydroxylation is 1. The van der Waals surface area contributed by atoms with E-state index in [1.54, 1.807) is 0 Å². The molecule has 0 spiro atoms. The zero-order chi connectivity index (χ0) is 32.3. The Balaban J connectivity index is 1.40. The van der Waals surface area contributed by atoms with Crippen molar-refractivity contribution in [1.82, 2.24) is 0 Å². The summed E-state index contributed by atoms with van der Waals surface area (Å²) in [6, 6.07) is 67.5. The fourth-order valence-electron chi connectivity index (χ4n) is 7.07. The molecule has 2 nitrogen and oxygen atoms in total. The monoisotopic (exact) mass is 616 g/mol. The van der Waals surface area contributed by atoms with Crippen molar-refractivity contribution in [3.05, 3.63) is 194 Å². The summed E-state index contributed by atoms with van der Waals surface area (Å²) in [4.78, 5) is 4.71. The lowest BCUT2D eigenvalue weighted by atomic mass is 9.86. The molecule has 0 aliphatic rings. The molecule has 230 valence electrons. The largest absolute Gasteiger partial charge is 0.310 e. The highest BCUT2D eigenvalue weighted by molar-refractivity contribution is 6.17. The molecule has 0 saturated heterocycles. The minimum Gasteiger partial charge on any atom is -0.310 e. The maximum absolute atomic E-state index is 2.40. The third kappa shape index (κ3) is 5.38. The van der Waals surface area contributed by atoms with Crippen molar-refractivity contribution in [2.75, 3.05) is 9.80 Å². The zero-order valence-corrected chi connectivity index (χ0v) is 27.0. The second-order valence-electron chi connectivity index (χ2n) is 12.0. The van der Waals surface area contributed by atoms with Crippen molar-refractivity contribution < 1.29 is 0 Å². The van der Waals surface area contributed by atoms with Crippen LogP contribution in [0.2, 0.25) is 0 Å². The third-order valence-electron chi connectivity index (χ3n) is 9.18. The molecular formula is C46H36N2. The van der Waals surface area contributed by atoms with Gasteiger partial charge in [0.05, 0.1) is 0 Å². The summed E-state index contributed by atoms with van der Waals surface area (Å²) in [7, 11) is 0. The van der Waals surface area contributed by atoms with Crippen molar-refractivity contribution in [1.29, 1.82) is 0 Å². The van der Waals surface area contributed by atoms with Gasteiger partial charge in [-0.2, -0.15) is 0 Å². The summed E-state index contributed by atoms with van der Waals surface area (Å²) in [6.45, 7) is 2.29. The van der Waals surface area contributed by atoms with Crippen molar-refractivity contribution >= 4 is 55.7 Å². The van der Waals surface area contributed by atoms with Crippen molar-refractivity contribution in [3.63, 3.8) is 0 Å².